The lowest BCUT2D eigenvalue weighted by atomic mass is 9.93. The maximum atomic E-state index is 12.7. The average Bonchev–Trinajstić information content (AvgIpc) is 2.87. The summed E-state index contributed by atoms with van der Waals surface area (Å²) < 4.78 is 10.7. The fourth-order valence-corrected chi connectivity index (χ4v) is 4.79. The summed E-state index contributed by atoms with van der Waals surface area (Å²) in [5.41, 5.74) is 3.85. The van der Waals surface area contributed by atoms with E-state index in [1.54, 1.807) is 25.4 Å². The van der Waals surface area contributed by atoms with Crippen molar-refractivity contribution in [3.05, 3.63) is 48.2 Å². The van der Waals surface area contributed by atoms with Gasteiger partial charge in [-0.3, -0.25) is 19.5 Å². The minimum Gasteiger partial charge on any atom is -0.482 e. The molecule has 1 atom stereocenters. The van der Waals surface area contributed by atoms with E-state index in [2.05, 4.69) is 31.6 Å². The van der Waals surface area contributed by atoms with Crippen LogP contribution in [-0.4, -0.2) is 53.5 Å². The van der Waals surface area contributed by atoms with Crippen molar-refractivity contribution in [3.8, 4) is 11.6 Å². The van der Waals surface area contributed by atoms with E-state index in [0.29, 0.717) is 40.7 Å². The van der Waals surface area contributed by atoms with E-state index >= 15 is 0 Å². The van der Waals surface area contributed by atoms with Gasteiger partial charge in [-0.2, -0.15) is 0 Å². The molecule has 2 amide bonds. The Labute approximate surface area is 203 Å². The number of hydrogen-bond donors (Lipinski definition) is 2. The van der Waals surface area contributed by atoms with Gasteiger partial charge in [-0.1, -0.05) is 6.07 Å². The van der Waals surface area contributed by atoms with Gasteiger partial charge in [0.1, 0.15) is 11.3 Å². The zero-order valence-corrected chi connectivity index (χ0v) is 19.8. The topological polar surface area (TPSA) is 106 Å². The van der Waals surface area contributed by atoms with Gasteiger partial charge >= 0.3 is 0 Å². The Morgan fingerprint density at radius 2 is 2.20 bits per heavy atom. The van der Waals surface area contributed by atoms with E-state index in [-0.39, 0.29) is 18.4 Å². The standard InChI is InChI=1S/C26H29N5O4/c1-34-25-9-6-19-26(30-25)20(10-11-27-19)28-23(32)8-5-17-3-2-12-31(14-17)15-18-4-7-22-21(13-18)29-24(33)16-35-22/h4,6-7,9-11,13,17H,2-3,5,8,12,14-16H2,1H3,(H,29,33)(H,27,28,32). The van der Waals surface area contributed by atoms with E-state index in [0.717, 1.165) is 50.1 Å². The highest BCUT2D eigenvalue weighted by atomic mass is 16.5. The molecule has 4 heterocycles. The van der Waals surface area contributed by atoms with Gasteiger partial charge in [-0.15, -0.1) is 0 Å². The van der Waals surface area contributed by atoms with Gasteiger partial charge < -0.3 is 20.1 Å². The molecule has 0 radical (unpaired) electrons. The number of piperidine rings is 1. The van der Waals surface area contributed by atoms with Crippen LogP contribution in [0.3, 0.4) is 0 Å². The lowest BCUT2D eigenvalue weighted by Crippen LogP contribution is -2.35. The molecule has 1 fully saturated rings. The van der Waals surface area contributed by atoms with Gasteiger partial charge in [0.05, 0.1) is 24.0 Å². The average molecular weight is 476 g/mol. The monoisotopic (exact) mass is 475 g/mol. The molecular formula is C26H29N5O4. The van der Waals surface area contributed by atoms with Crippen LogP contribution in [0.5, 0.6) is 11.6 Å². The fourth-order valence-electron chi connectivity index (χ4n) is 4.79. The Hall–Kier alpha value is -3.72. The lowest BCUT2D eigenvalue weighted by Gasteiger charge is -2.33. The molecule has 0 bridgehead atoms. The molecular weight excluding hydrogens is 446 g/mol. The van der Waals surface area contributed by atoms with Gasteiger partial charge in [-0.25, -0.2) is 4.98 Å². The second-order valence-corrected chi connectivity index (χ2v) is 9.08. The third-order valence-electron chi connectivity index (χ3n) is 6.51. The highest BCUT2D eigenvalue weighted by molar-refractivity contribution is 5.99. The van der Waals surface area contributed by atoms with Gasteiger partial charge in [0.25, 0.3) is 5.91 Å². The molecule has 0 spiro atoms. The SMILES string of the molecule is COc1ccc2nccc(NC(=O)CCC3CCCN(Cc4ccc5c(c4)NC(=O)CO5)C3)c2n1. The summed E-state index contributed by atoms with van der Waals surface area (Å²) >= 11 is 0. The van der Waals surface area contributed by atoms with Crippen molar-refractivity contribution in [2.24, 2.45) is 5.92 Å². The summed E-state index contributed by atoms with van der Waals surface area (Å²) in [6.07, 6.45) is 5.18. The molecule has 9 heteroatoms. The van der Waals surface area contributed by atoms with Crippen LogP contribution in [-0.2, 0) is 16.1 Å². The van der Waals surface area contributed by atoms with Crippen LogP contribution in [0.4, 0.5) is 11.4 Å². The first-order valence-electron chi connectivity index (χ1n) is 11.9. The van der Waals surface area contributed by atoms with Gasteiger partial charge in [0.2, 0.25) is 11.8 Å². The molecule has 2 N–H and O–H groups in total. The number of nitrogens with zero attached hydrogens (tertiary/aromatic N) is 3. The zero-order chi connectivity index (χ0) is 24.2. The van der Waals surface area contributed by atoms with E-state index in [4.69, 9.17) is 9.47 Å². The Balaban J connectivity index is 1.15. The Morgan fingerprint density at radius 3 is 3.09 bits per heavy atom. The highest BCUT2D eigenvalue weighted by Crippen LogP contribution is 2.30. The van der Waals surface area contributed by atoms with Gasteiger partial charge in [-0.05, 0) is 61.6 Å². The second-order valence-electron chi connectivity index (χ2n) is 9.08. The number of ether oxygens (including phenoxy) is 2. The van der Waals surface area contributed by atoms with E-state index in [9.17, 15) is 9.59 Å². The van der Waals surface area contributed by atoms with Crippen molar-refractivity contribution >= 4 is 34.2 Å². The molecule has 2 aliphatic heterocycles. The number of methoxy groups -OCH3 is 1. The summed E-state index contributed by atoms with van der Waals surface area (Å²) in [7, 11) is 1.56. The maximum Gasteiger partial charge on any atom is 0.262 e. The second kappa shape index (κ2) is 10.3. The van der Waals surface area contributed by atoms with Crippen molar-refractivity contribution in [2.45, 2.75) is 32.2 Å². The number of rotatable bonds is 7. The van der Waals surface area contributed by atoms with Crippen LogP contribution >= 0.6 is 0 Å². The minimum absolute atomic E-state index is 0.0235. The summed E-state index contributed by atoms with van der Waals surface area (Å²) in [5, 5.41) is 5.88. The largest absolute Gasteiger partial charge is 0.482 e. The number of amides is 2. The summed E-state index contributed by atoms with van der Waals surface area (Å²) in [6.45, 7) is 2.85. The predicted molar refractivity (Wildman–Crippen MR) is 133 cm³/mol. The quantitative estimate of drug-likeness (QED) is 0.538. The van der Waals surface area contributed by atoms with E-state index in [1.807, 2.05) is 18.2 Å². The first-order chi connectivity index (χ1) is 17.1. The van der Waals surface area contributed by atoms with Crippen molar-refractivity contribution < 1.29 is 19.1 Å². The molecule has 1 saturated heterocycles. The first-order valence-corrected chi connectivity index (χ1v) is 11.9. The van der Waals surface area contributed by atoms with Crippen LogP contribution < -0.4 is 20.1 Å². The van der Waals surface area contributed by atoms with Crippen molar-refractivity contribution in [1.29, 1.82) is 0 Å². The first kappa shape index (κ1) is 23.0. The third kappa shape index (κ3) is 5.51. The van der Waals surface area contributed by atoms with Crippen molar-refractivity contribution in [2.75, 3.05) is 37.4 Å². The maximum absolute atomic E-state index is 12.7. The lowest BCUT2D eigenvalue weighted by molar-refractivity contribution is -0.118. The minimum atomic E-state index is -0.124. The Kier molecular flexibility index (Phi) is 6.76. The number of aromatic nitrogens is 2. The number of carbonyl (C=O) groups excluding carboxylic acids is 2. The fraction of sp³-hybridized carbons (Fsp3) is 0.385. The third-order valence-corrected chi connectivity index (χ3v) is 6.51. The molecule has 1 aromatic carbocycles. The molecule has 182 valence electrons. The van der Waals surface area contributed by atoms with Gasteiger partial charge in [0.15, 0.2) is 6.61 Å². The predicted octanol–water partition coefficient (Wildman–Crippen LogP) is 3.60. The summed E-state index contributed by atoms with van der Waals surface area (Å²) in [6, 6.07) is 11.3. The molecule has 2 aromatic heterocycles. The number of fused-ring (bicyclic) bond motifs is 2. The molecule has 0 aliphatic carbocycles. The smallest absolute Gasteiger partial charge is 0.262 e. The van der Waals surface area contributed by atoms with Crippen molar-refractivity contribution in [3.63, 3.8) is 0 Å². The molecule has 35 heavy (non-hydrogen) atoms. The van der Waals surface area contributed by atoms with Crippen LogP contribution in [0, 0.1) is 5.92 Å². The Bertz CT molecular complexity index is 1250. The number of nitrogens with one attached hydrogen (secondary N) is 2. The zero-order valence-electron chi connectivity index (χ0n) is 19.8. The number of hydrogen-bond acceptors (Lipinski definition) is 7. The van der Waals surface area contributed by atoms with Crippen LogP contribution in [0.2, 0.25) is 0 Å². The molecule has 0 saturated carbocycles. The molecule has 1 unspecified atom stereocenters. The van der Waals surface area contributed by atoms with Crippen LogP contribution in [0.1, 0.15) is 31.2 Å². The number of anilines is 2. The van der Waals surface area contributed by atoms with Crippen molar-refractivity contribution in [1.82, 2.24) is 14.9 Å². The number of carbonyl (C=O) groups is 2. The highest BCUT2D eigenvalue weighted by Gasteiger charge is 2.22. The normalized spacial score (nSPS) is 17.9. The van der Waals surface area contributed by atoms with E-state index in [1.165, 1.54) is 0 Å². The Morgan fingerprint density at radius 1 is 1.29 bits per heavy atom. The molecule has 5 rings (SSSR count). The van der Waals surface area contributed by atoms with E-state index < -0.39 is 0 Å². The molecule has 3 aromatic rings. The van der Waals surface area contributed by atoms with Gasteiger partial charge in [0, 0.05) is 31.8 Å². The summed E-state index contributed by atoms with van der Waals surface area (Å²) in [4.78, 5) is 35.5. The molecule has 9 nitrogen and oxygen atoms in total. The summed E-state index contributed by atoms with van der Waals surface area (Å²) in [5.74, 6) is 1.51. The van der Waals surface area contributed by atoms with Crippen LogP contribution in [0.25, 0.3) is 11.0 Å². The van der Waals surface area contributed by atoms with Crippen LogP contribution in [0.15, 0.2) is 42.6 Å². The number of pyridine rings is 2. The number of likely N-dealkylation sites (tertiary alicyclic amines) is 1. The molecule has 2 aliphatic rings. The number of benzene rings is 1.